The van der Waals surface area contributed by atoms with E-state index >= 15 is 0 Å². The Hall–Kier alpha value is -1.89. The van der Waals surface area contributed by atoms with E-state index < -0.39 is 0 Å². The molecule has 1 saturated heterocycles. The first kappa shape index (κ1) is 22.4. The summed E-state index contributed by atoms with van der Waals surface area (Å²) in [7, 11) is 0. The summed E-state index contributed by atoms with van der Waals surface area (Å²) >= 11 is 1.51. The fraction of sp³-hybridized carbons (Fsp3) is 0.667. The van der Waals surface area contributed by atoms with Crippen molar-refractivity contribution < 1.29 is 14.4 Å². The predicted molar refractivity (Wildman–Crippen MR) is 113 cm³/mol. The zero-order chi connectivity index (χ0) is 20.5. The van der Waals surface area contributed by atoms with Crippen LogP contribution in [0, 0.1) is 6.92 Å². The highest BCUT2D eigenvalue weighted by molar-refractivity contribution is 7.13. The number of thiophene rings is 1. The molecule has 0 atom stereocenters. The maximum Gasteiger partial charge on any atom is 0.264 e. The van der Waals surface area contributed by atoms with Gasteiger partial charge in [-0.3, -0.25) is 14.4 Å². The summed E-state index contributed by atoms with van der Waals surface area (Å²) in [6.45, 7) is 10.0. The van der Waals surface area contributed by atoms with Crippen molar-refractivity contribution in [2.75, 3.05) is 39.3 Å². The molecule has 28 heavy (non-hydrogen) atoms. The summed E-state index contributed by atoms with van der Waals surface area (Å²) in [5.41, 5.74) is 0. The van der Waals surface area contributed by atoms with Gasteiger partial charge in [0.25, 0.3) is 5.91 Å². The molecular weight excluding hydrogens is 374 g/mol. The van der Waals surface area contributed by atoms with Crippen molar-refractivity contribution in [3.8, 4) is 0 Å². The molecule has 2 heterocycles. The summed E-state index contributed by atoms with van der Waals surface area (Å²) < 4.78 is 0. The Morgan fingerprint density at radius 3 is 2.11 bits per heavy atom. The average Bonchev–Trinajstić information content (AvgIpc) is 3.13. The minimum Gasteiger partial charge on any atom is -0.343 e. The van der Waals surface area contributed by atoms with E-state index in [0.29, 0.717) is 45.4 Å². The van der Waals surface area contributed by atoms with E-state index in [1.165, 1.54) is 11.3 Å². The molecule has 2 rings (SSSR count). The second kappa shape index (κ2) is 11.2. The van der Waals surface area contributed by atoms with Gasteiger partial charge in [0.2, 0.25) is 11.8 Å². The Bertz CT molecular complexity index is 660. The summed E-state index contributed by atoms with van der Waals surface area (Å²) in [5, 5.41) is 0. The lowest BCUT2D eigenvalue weighted by molar-refractivity contribution is -0.133. The van der Waals surface area contributed by atoms with Crippen molar-refractivity contribution in [3.05, 3.63) is 21.9 Å². The number of hydrogen-bond acceptors (Lipinski definition) is 4. The Kier molecular flexibility index (Phi) is 8.96. The van der Waals surface area contributed by atoms with Gasteiger partial charge >= 0.3 is 0 Å². The van der Waals surface area contributed by atoms with Crippen LogP contribution in [0.1, 0.15) is 60.5 Å². The molecule has 1 fully saturated rings. The van der Waals surface area contributed by atoms with Crippen LogP contribution in [0.25, 0.3) is 0 Å². The molecule has 0 N–H and O–H groups in total. The molecule has 0 aliphatic carbocycles. The smallest absolute Gasteiger partial charge is 0.264 e. The predicted octanol–water partition coefficient (Wildman–Crippen LogP) is 3.16. The first-order valence-electron chi connectivity index (χ1n) is 10.4. The Labute approximate surface area is 172 Å². The molecule has 0 saturated carbocycles. The molecular formula is C21H33N3O3S. The van der Waals surface area contributed by atoms with Crippen LogP contribution in [-0.4, -0.2) is 71.7 Å². The van der Waals surface area contributed by atoms with Crippen LogP contribution in [0.15, 0.2) is 12.1 Å². The zero-order valence-electron chi connectivity index (χ0n) is 17.4. The second-order valence-corrected chi connectivity index (χ2v) is 8.61. The van der Waals surface area contributed by atoms with Gasteiger partial charge in [0, 0.05) is 57.0 Å². The number of carbonyl (C=O) groups excluding carboxylic acids is 3. The van der Waals surface area contributed by atoms with Crippen LogP contribution in [0.3, 0.4) is 0 Å². The number of aryl methyl sites for hydroxylation is 1. The van der Waals surface area contributed by atoms with Crippen molar-refractivity contribution in [1.82, 2.24) is 14.7 Å². The highest BCUT2D eigenvalue weighted by Gasteiger charge is 2.25. The Balaban J connectivity index is 1.71. The van der Waals surface area contributed by atoms with Gasteiger partial charge in [0.05, 0.1) is 4.88 Å². The molecule has 0 spiro atoms. The molecule has 7 heteroatoms. The van der Waals surface area contributed by atoms with E-state index in [2.05, 4.69) is 13.8 Å². The highest BCUT2D eigenvalue weighted by Crippen LogP contribution is 2.18. The lowest BCUT2D eigenvalue weighted by atomic mass is 10.1. The number of rotatable bonds is 9. The molecule has 0 unspecified atom stereocenters. The molecule has 1 aromatic rings. The van der Waals surface area contributed by atoms with Gasteiger partial charge in [-0.15, -0.1) is 11.3 Å². The summed E-state index contributed by atoms with van der Waals surface area (Å²) in [6.07, 6.45) is 3.34. The van der Waals surface area contributed by atoms with E-state index in [-0.39, 0.29) is 17.7 Å². The molecule has 0 radical (unpaired) electrons. The largest absolute Gasteiger partial charge is 0.343 e. The average molecular weight is 408 g/mol. The van der Waals surface area contributed by atoms with Crippen LogP contribution in [-0.2, 0) is 9.59 Å². The maximum absolute atomic E-state index is 12.5. The number of hydrogen-bond donors (Lipinski definition) is 0. The van der Waals surface area contributed by atoms with Gasteiger partial charge in [-0.1, -0.05) is 13.8 Å². The van der Waals surface area contributed by atoms with Crippen LogP contribution in [0.5, 0.6) is 0 Å². The minimum atomic E-state index is 0.0581. The normalized spacial score (nSPS) is 14.2. The fourth-order valence-corrected chi connectivity index (χ4v) is 4.31. The Morgan fingerprint density at radius 2 is 1.57 bits per heavy atom. The first-order chi connectivity index (χ1) is 13.5. The number of carbonyl (C=O) groups is 3. The van der Waals surface area contributed by atoms with Gasteiger partial charge in [-0.25, -0.2) is 0 Å². The lowest BCUT2D eigenvalue weighted by Gasteiger charge is -2.34. The van der Waals surface area contributed by atoms with Crippen LogP contribution in [0.2, 0.25) is 0 Å². The van der Waals surface area contributed by atoms with Gasteiger partial charge in [0.1, 0.15) is 0 Å². The molecule has 1 aliphatic heterocycles. The molecule has 6 nitrogen and oxygen atoms in total. The van der Waals surface area contributed by atoms with Gasteiger partial charge in [-0.05, 0) is 38.3 Å². The number of amides is 3. The topological polar surface area (TPSA) is 60.9 Å². The van der Waals surface area contributed by atoms with E-state index in [1.807, 2.05) is 33.8 Å². The van der Waals surface area contributed by atoms with Gasteiger partial charge in [-0.2, -0.15) is 0 Å². The van der Waals surface area contributed by atoms with E-state index in [0.717, 1.165) is 35.7 Å². The van der Waals surface area contributed by atoms with Gasteiger partial charge in [0.15, 0.2) is 0 Å². The van der Waals surface area contributed by atoms with Gasteiger partial charge < -0.3 is 14.7 Å². The number of nitrogens with zero attached hydrogens (tertiary/aromatic N) is 3. The summed E-state index contributed by atoms with van der Waals surface area (Å²) in [6, 6.07) is 3.83. The van der Waals surface area contributed by atoms with E-state index in [4.69, 9.17) is 0 Å². The first-order valence-corrected chi connectivity index (χ1v) is 11.2. The van der Waals surface area contributed by atoms with Crippen molar-refractivity contribution in [3.63, 3.8) is 0 Å². The zero-order valence-corrected chi connectivity index (χ0v) is 18.2. The molecule has 3 amide bonds. The van der Waals surface area contributed by atoms with Crippen molar-refractivity contribution >= 4 is 29.1 Å². The third-order valence-corrected chi connectivity index (χ3v) is 5.98. The molecule has 0 bridgehead atoms. The highest BCUT2D eigenvalue weighted by atomic mass is 32.1. The quantitative estimate of drug-likeness (QED) is 0.632. The van der Waals surface area contributed by atoms with E-state index in [1.54, 1.807) is 0 Å². The number of piperazine rings is 1. The van der Waals surface area contributed by atoms with E-state index in [9.17, 15) is 14.4 Å². The lowest BCUT2D eigenvalue weighted by Crippen LogP contribution is -2.50. The third kappa shape index (κ3) is 6.33. The SMILES string of the molecule is CCCN(CCC)C(=O)CCCC(=O)N1CCN(C(=O)c2ccc(C)s2)CC1. The Morgan fingerprint density at radius 1 is 0.964 bits per heavy atom. The molecule has 0 aromatic carbocycles. The second-order valence-electron chi connectivity index (χ2n) is 7.32. The standard InChI is InChI=1S/C21H33N3O3S/c1-4-11-22(12-5-2)19(25)7-6-8-20(26)23-13-15-24(16-14-23)21(27)18-10-9-17(3)28-18/h9-10H,4-8,11-16H2,1-3H3. The molecule has 1 aliphatic rings. The summed E-state index contributed by atoms with van der Waals surface area (Å²) in [5.74, 6) is 0.297. The minimum absolute atomic E-state index is 0.0581. The monoisotopic (exact) mass is 407 g/mol. The van der Waals surface area contributed by atoms with Crippen LogP contribution >= 0.6 is 11.3 Å². The van der Waals surface area contributed by atoms with Crippen molar-refractivity contribution in [2.45, 2.75) is 52.9 Å². The molecule has 156 valence electrons. The van der Waals surface area contributed by atoms with Crippen molar-refractivity contribution in [1.29, 1.82) is 0 Å². The van der Waals surface area contributed by atoms with Crippen LogP contribution < -0.4 is 0 Å². The van der Waals surface area contributed by atoms with Crippen LogP contribution in [0.4, 0.5) is 0 Å². The summed E-state index contributed by atoms with van der Waals surface area (Å²) in [4.78, 5) is 44.7. The fourth-order valence-electron chi connectivity index (χ4n) is 3.47. The third-order valence-electron chi connectivity index (χ3n) is 4.99. The maximum atomic E-state index is 12.5. The molecule has 1 aromatic heterocycles. The van der Waals surface area contributed by atoms with Crippen molar-refractivity contribution in [2.24, 2.45) is 0 Å².